The van der Waals surface area contributed by atoms with Crippen molar-refractivity contribution in [2.24, 2.45) is 0 Å². The van der Waals surface area contributed by atoms with E-state index >= 15 is 0 Å². The number of fused-ring (bicyclic) bond motifs is 12. The minimum absolute atomic E-state index is 0.0432. The van der Waals surface area contributed by atoms with Gasteiger partial charge in [0.25, 0.3) is 45.9 Å². The summed E-state index contributed by atoms with van der Waals surface area (Å²) < 4.78 is 13.2. The maximum absolute atomic E-state index is 13.2. The maximum atomic E-state index is 13.2. The number of carbonyl (C=O) groups excluding carboxylic acids is 5. The molecule has 0 spiro atoms. The number of hydrogen-bond donors (Lipinski definition) is 8. The number of hydrogen-bond acceptors (Lipinski definition) is 37. The topological polar surface area (TPSA) is 635 Å². The van der Waals surface area contributed by atoms with Gasteiger partial charge in [-0.25, -0.2) is 83.7 Å². The number of H-pyrrole nitrogens is 4. The molecule has 0 aliphatic carbocycles. The molecule has 0 saturated carbocycles. The Balaban J connectivity index is 0.000000125. The zero-order valence-electron chi connectivity index (χ0n) is 81.2. The number of piperidine rings is 4. The highest BCUT2D eigenvalue weighted by Crippen LogP contribution is 2.36. The maximum Gasteiger partial charge on any atom is 0.329 e. The predicted octanol–water partition coefficient (Wildman–Crippen LogP) is 3.41. The molecule has 764 valence electrons. The Morgan fingerprint density at radius 3 is 0.906 bits per heavy atom. The van der Waals surface area contributed by atoms with Gasteiger partial charge in [-0.1, -0.05) is 11.8 Å². The molecule has 5 fully saturated rings. The van der Waals surface area contributed by atoms with E-state index in [0.717, 1.165) is 13.1 Å². The lowest BCUT2D eigenvalue weighted by Crippen LogP contribution is -2.45. The number of pyridine rings is 8. The Hall–Kier alpha value is -17.0. The second-order valence-electron chi connectivity index (χ2n) is 36.6. The van der Waals surface area contributed by atoms with Crippen molar-refractivity contribution in [1.82, 2.24) is 147 Å². The summed E-state index contributed by atoms with van der Waals surface area (Å²) >= 11 is 1.43. The highest BCUT2D eigenvalue weighted by atomic mass is 32.2. The number of aromatic amines is 4. The third kappa shape index (κ3) is 20.8. The van der Waals surface area contributed by atoms with Crippen LogP contribution in [-0.4, -0.2) is 306 Å². The van der Waals surface area contributed by atoms with Crippen LogP contribution in [0, 0.1) is 0 Å². The number of anilines is 1. The number of likely N-dealkylation sites (tertiary alicyclic amines) is 4. The van der Waals surface area contributed by atoms with Crippen LogP contribution in [0.5, 0.6) is 0 Å². The number of Topliss-reactive ketones (excluding diaryl/α,β-unsaturated/α-hetero) is 1. The van der Waals surface area contributed by atoms with Crippen molar-refractivity contribution < 1.29 is 49.1 Å². The smallest absolute Gasteiger partial charge is 0.329 e. The molecule has 8 N–H and O–H groups in total. The number of aliphatic hydroxyl groups excluding tert-OH is 4. The minimum atomic E-state index is -1.09. The van der Waals surface area contributed by atoms with Gasteiger partial charge in [0.05, 0.1) is 108 Å². The standard InChI is InChI=1S/C26H28N8O5.C25H23N9O4.C25H25N7O5.C23H23N7O4S/c1-15(35)24(37)32-6-4-17(5-7-32)34-22-18(23(36)31-26(34)38)14-27-20-3-2-19(30-21(20)22)16-12-28-25(29-13-16)33-8-10-39-11-9-33;1-14(35)23(37)32-9-5-16(6-10-32)34-21-17(22(36)31-25(34)38)13-26-19-4-3-18(30-20(19)21)15-11-27-24(28-12-15)33-8-2-7-29-33;1-13(33)9-20-27-10-15(11-28-20)18-3-4-19-21(29-18)22-17(12-26-19)23(35)30-25(37)32(22)16-5-7-31(8-6-16)24(36)14(2)34;1-12(31)21(33)29-7-5-14(6-8-29)30-19-15(20(32)28-23(30)34)11-24-17-4-3-16(27-18(17)19)13-9-25-22(35-2)26-10-13/h2-3,12-15,17,35H,4-11H2,1H3,(H,31,36,38);2-4,7-8,11-14,16,35H,5-6,9-10H2,1H3,(H,31,36,38);3-4,10-12,14,16,34H,5-9H2,1-2H3,(H,30,35,37);3-4,9-12,14,31H,5-8H2,1-2H3,(H,28,32,34)/t15-;2*14-;12-/m0000/s1. The van der Waals surface area contributed by atoms with Crippen LogP contribution in [0.4, 0.5) is 5.95 Å². The molecule has 0 aromatic carbocycles. The number of rotatable bonds is 17. The SMILES string of the molecule is CC(=O)Cc1ncc(-c2ccc3ncc4c(=O)[nH]c(=O)n(C5CCN(C(=O)[C@H](C)O)CC5)c4c3n2)cn1.CSc1ncc(-c2ccc3ncc4c(=O)[nH]c(=O)n(C5CCN(C(=O)[C@H](C)O)CC5)c4c3n2)cn1.C[C@H](O)C(=O)N1CCC(n2c(=O)[nH]c(=O)c3cnc4ccc(-c5cnc(-n6cccn6)nc5)nc4c32)CC1.C[C@H](O)C(=O)N1CCC(n2c(=O)[nH]c(=O)c3cnc4ccc(-c5cnc(N6CCOCC6)nc5)nc4c32)CC1. The van der Waals surface area contributed by atoms with Gasteiger partial charge in [0.2, 0.25) is 11.9 Å². The van der Waals surface area contributed by atoms with E-state index in [1.54, 1.807) is 148 Å². The molecular weight excluding hydrogens is 1940 g/mol. The monoisotopic (exact) mass is 2040 g/mol. The van der Waals surface area contributed by atoms with Crippen LogP contribution in [0.2, 0.25) is 0 Å². The van der Waals surface area contributed by atoms with Crippen molar-refractivity contribution >= 4 is 135 Å². The number of morpholine rings is 1. The van der Waals surface area contributed by atoms with Gasteiger partial charge in [-0.15, -0.1) is 0 Å². The fraction of sp³-hybridized carbons (Fsp3) is 0.354. The van der Waals surface area contributed by atoms with E-state index in [-0.39, 0.29) is 81.5 Å². The van der Waals surface area contributed by atoms with Gasteiger partial charge in [0, 0.05) is 199 Å². The van der Waals surface area contributed by atoms with Gasteiger partial charge in [-0.05, 0) is 147 Å². The van der Waals surface area contributed by atoms with Crippen LogP contribution in [0.25, 0.3) is 139 Å². The van der Waals surface area contributed by atoms with Crippen LogP contribution in [-0.2, 0) is 35.1 Å². The van der Waals surface area contributed by atoms with Crippen molar-refractivity contribution in [3.8, 4) is 51.0 Å². The number of ether oxygens (including phenoxy) is 1. The molecule has 50 heteroatoms. The molecule has 49 nitrogen and oxygen atoms in total. The molecule has 0 unspecified atom stereocenters. The fourth-order valence-electron chi connectivity index (χ4n) is 19.3. The van der Waals surface area contributed by atoms with Crippen LogP contribution in [0.3, 0.4) is 0 Å². The van der Waals surface area contributed by atoms with Gasteiger partial charge in [-0.2, -0.15) is 5.10 Å². The van der Waals surface area contributed by atoms with Crippen LogP contribution in [0.15, 0.2) is 185 Å². The lowest BCUT2D eigenvalue weighted by atomic mass is 10.0. The molecule has 22 heterocycles. The Morgan fingerprint density at radius 2 is 0.644 bits per heavy atom. The van der Waals surface area contributed by atoms with E-state index in [1.165, 1.54) is 75.7 Å². The molecule has 5 aliphatic rings. The number of nitrogens with zero attached hydrogens (tertiary/aromatic N) is 27. The van der Waals surface area contributed by atoms with Crippen molar-refractivity contribution in [3.05, 3.63) is 231 Å². The summed E-state index contributed by atoms with van der Waals surface area (Å²) in [6, 6.07) is 14.9. The van der Waals surface area contributed by atoms with Crippen LogP contribution in [0.1, 0.15) is 116 Å². The number of thioether (sulfide) groups is 1. The normalized spacial score (nSPS) is 15.9. The number of carbonyl (C=O) groups is 5. The lowest BCUT2D eigenvalue weighted by molar-refractivity contribution is -0.141. The molecule has 0 bridgehead atoms. The van der Waals surface area contributed by atoms with Crippen molar-refractivity contribution in [2.75, 3.05) is 89.8 Å². The highest BCUT2D eigenvalue weighted by molar-refractivity contribution is 7.98. The van der Waals surface area contributed by atoms with Crippen molar-refractivity contribution in [1.29, 1.82) is 0 Å². The number of amides is 4. The minimum Gasteiger partial charge on any atom is -0.384 e. The van der Waals surface area contributed by atoms with Crippen molar-refractivity contribution in [3.63, 3.8) is 0 Å². The Morgan fingerprint density at radius 1 is 0.369 bits per heavy atom. The first-order chi connectivity index (χ1) is 71.9. The second-order valence-corrected chi connectivity index (χ2v) is 37.4. The van der Waals surface area contributed by atoms with Crippen LogP contribution >= 0.6 is 11.8 Å². The fourth-order valence-corrected chi connectivity index (χ4v) is 19.6. The number of ketones is 1. The number of aromatic nitrogens is 26. The van der Waals surface area contributed by atoms with E-state index in [2.05, 4.69) is 89.7 Å². The van der Waals surface area contributed by atoms with Gasteiger partial charge in [0.15, 0.2) is 5.16 Å². The summed E-state index contributed by atoms with van der Waals surface area (Å²) in [5, 5.41) is 44.4. The molecule has 5 aliphatic heterocycles. The van der Waals surface area contributed by atoms with Gasteiger partial charge in [0.1, 0.15) is 58.1 Å². The Kier molecular flexibility index (Phi) is 29.1. The lowest BCUT2D eigenvalue weighted by Gasteiger charge is -2.34. The van der Waals surface area contributed by atoms with E-state index in [9.17, 15) is 82.8 Å². The summed E-state index contributed by atoms with van der Waals surface area (Å²) in [5.74, 6) is 0.0257. The van der Waals surface area contributed by atoms with Gasteiger partial charge < -0.3 is 49.7 Å². The largest absolute Gasteiger partial charge is 0.384 e. The summed E-state index contributed by atoms with van der Waals surface area (Å²) in [6.45, 7) is 13.0. The zero-order valence-corrected chi connectivity index (χ0v) is 82.1. The highest BCUT2D eigenvalue weighted by Gasteiger charge is 2.36. The molecule has 4 amide bonds. The number of aliphatic hydroxyl groups is 4. The van der Waals surface area contributed by atoms with E-state index in [0.29, 0.717) is 251 Å². The molecule has 149 heavy (non-hydrogen) atoms. The molecule has 5 saturated heterocycles. The average Bonchev–Trinajstić information content (AvgIpc) is 1.02. The molecule has 4 atom stereocenters. The van der Waals surface area contributed by atoms with Crippen LogP contribution < -0.4 is 49.9 Å². The van der Waals surface area contributed by atoms with E-state index in [1.807, 2.05) is 12.3 Å². The number of nitrogens with one attached hydrogen (secondary N) is 4. The third-order valence-electron chi connectivity index (χ3n) is 26.8. The van der Waals surface area contributed by atoms with Crippen molar-refractivity contribution in [2.45, 2.75) is 146 Å². The summed E-state index contributed by atoms with van der Waals surface area (Å²) in [4.78, 5) is 253. The van der Waals surface area contributed by atoms with Gasteiger partial charge >= 0.3 is 22.8 Å². The summed E-state index contributed by atoms with van der Waals surface area (Å²) in [7, 11) is 0. The second kappa shape index (κ2) is 43.0. The molecule has 17 aromatic rings. The molecular formula is C99H99N31O18S. The first kappa shape index (κ1) is 101. The Bertz CT molecular complexity index is 8580. The average molecular weight is 2040 g/mol. The predicted molar refractivity (Wildman–Crippen MR) is 544 cm³/mol. The third-order valence-corrected chi connectivity index (χ3v) is 27.4. The molecule has 0 radical (unpaired) electrons. The quantitative estimate of drug-likeness (QED) is 0.0368. The molecule has 22 rings (SSSR count). The zero-order chi connectivity index (χ0) is 104. The van der Waals surface area contributed by atoms with Gasteiger partial charge in [-0.3, -0.25) is 101 Å². The first-order valence-electron chi connectivity index (χ1n) is 48.2. The summed E-state index contributed by atoms with van der Waals surface area (Å²) in [6.07, 6.45) is 23.9. The van der Waals surface area contributed by atoms with E-state index in [4.69, 9.17) is 24.7 Å². The molecule has 17 aromatic heterocycles. The summed E-state index contributed by atoms with van der Waals surface area (Å²) in [5.41, 5.74) is 5.87. The van der Waals surface area contributed by atoms with E-state index < -0.39 is 69.4 Å². The first-order valence-corrected chi connectivity index (χ1v) is 49.4. The Labute approximate surface area is 844 Å².